The molecule has 0 unspecified atom stereocenters. The van der Waals surface area contributed by atoms with Gasteiger partial charge in [-0.1, -0.05) is 11.6 Å². The zero-order valence-electron chi connectivity index (χ0n) is 10.7. The van der Waals surface area contributed by atoms with Gasteiger partial charge in [0, 0.05) is 23.0 Å². The van der Waals surface area contributed by atoms with E-state index in [0.29, 0.717) is 5.02 Å². The molecule has 2 aromatic rings. The Labute approximate surface area is 125 Å². The summed E-state index contributed by atoms with van der Waals surface area (Å²) in [4.78, 5) is 31.7. The fourth-order valence-corrected chi connectivity index (χ4v) is 1.69. The number of nitriles is 1. The third kappa shape index (κ3) is 3.61. The van der Waals surface area contributed by atoms with Gasteiger partial charge in [0.2, 0.25) is 5.95 Å². The van der Waals surface area contributed by atoms with Crippen LogP contribution in [0.4, 0.5) is 5.95 Å². The Kier molecular flexibility index (Phi) is 4.59. The van der Waals surface area contributed by atoms with Crippen LogP contribution >= 0.6 is 11.6 Å². The van der Waals surface area contributed by atoms with Crippen molar-refractivity contribution in [2.75, 3.05) is 5.32 Å². The van der Waals surface area contributed by atoms with Crippen LogP contribution in [0.2, 0.25) is 5.02 Å². The van der Waals surface area contributed by atoms with Gasteiger partial charge in [0.1, 0.15) is 0 Å². The summed E-state index contributed by atoms with van der Waals surface area (Å²) in [6, 6.07) is 9.21. The van der Waals surface area contributed by atoms with Gasteiger partial charge in [-0.25, -0.2) is 9.97 Å². The molecule has 0 radical (unpaired) electrons. The van der Waals surface area contributed by atoms with Crippen molar-refractivity contribution in [3.8, 4) is 6.07 Å². The van der Waals surface area contributed by atoms with Gasteiger partial charge in [-0.05, 0) is 30.3 Å². The highest BCUT2D eigenvalue weighted by atomic mass is 35.5. The van der Waals surface area contributed by atoms with Crippen molar-refractivity contribution < 1.29 is 9.59 Å². The second kappa shape index (κ2) is 6.59. The summed E-state index contributed by atoms with van der Waals surface area (Å²) in [5, 5.41) is 11.8. The molecule has 1 atom stereocenters. The molecule has 2 rings (SSSR count). The molecule has 21 heavy (non-hydrogen) atoms. The minimum atomic E-state index is -1.48. The maximum absolute atomic E-state index is 12.2. The van der Waals surface area contributed by atoms with E-state index < -0.39 is 17.6 Å². The number of halogens is 1. The van der Waals surface area contributed by atoms with E-state index in [9.17, 15) is 9.59 Å². The molecule has 0 fully saturated rings. The minimum Gasteiger partial charge on any atom is -0.293 e. The maximum atomic E-state index is 12.2. The first kappa shape index (κ1) is 14.6. The number of nitrogens with zero attached hydrogens (tertiary/aromatic N) is 3. The quantitative estimate of drug-likeness (QED) is 0.689. The number of nitrogens with one attached hydrogen (secondary N) is 1. The van der Waals surface area contributed by atoms with Crippen molar-refractivity contribution in [2.45, 2.75) is 0 Å². The predicted octanol–water partition coefficient (Wildman–Crippen LogP) is 2.09. The lowest BCUT2D eigenvalue weighted by atomic mass is 9.98. The van der Waals surface area contributed by atoms with Gasteiger partial charge < -0.3 is 0 Å². The molecule has 7 heteroatoms. The first-order valence-corrected chi connectivity index (χ1v) is 6.27. The first-order valence-electron chi connectivity index (χ1n) is 5.89. The zero-order chi connectivity index (χ0) is 15.2. The number of rotatable bonds is 4. The summed E-state index contributed by atoms with van der Waals surface area (Å²) < 4.78 is 0. The first-order chi connectivity index (χ1) is 10.1. The van der Waals surface area contributed by atoms with Crippen molar-refractivity contribution >= 4 is 29.2 Å². The molecule has 1 heterocycles. The lowest BCUT2D eigenvalue weighted by Crippen LogP contribution is -2.29. The topological polar surface area (TPSA) is 95.7 Å². The number of Topliss-reactive ketones (excluding diaryl/α,β-unsaturated/α-hetero) is 1. The van der Waals surface area contributed by atoms with E-state index in [1.165, 1.54) is 36.7 Å². The van der Waals surface area contributed by atoms with E-state index >= 15 is 0 Å². The molecule has 0 saturated heterocycles. The van der Waals surface area contributed by atoms with Crippen molar-refractivity contribution in [1.82, 2.24) is 9.97 Å². The Hall–Kier alpha value is -2.78. The van der Waals surface area contributed by atoms with Gasteiger partial charge in [-0.2, -0.15) is 5.26 Å². The molecule has 0 aliphatic carbocycles. The average molecular weight is 301 g/mol. The van der Waals surface area contributed by atoms with E-state index in [2.05, 4.69) is 15.3 Å². The predicted molar refractivity (Wildman–Crippen MR) is 75.5 cm³/mol. The van der Waals surface area contributed by atoms with E-state index in [1.54, 1.807) is 12.1 Å². The zero-order valence-corrected chi connectivity index (χ0v) is 11.4. The lowest BCUT2D eigenvalue weighted by molar-refractivity contribution is -0.117. The van der Waals surface area contributed by atoms with Crippen LogP contribution in [0, 0.1) is 17.2 Å². The summed E-state index contributed by atoms with van der Waals surface area (Å²) in [7, 11) is 0. The number of aromatic nitrogens is 2. The van der Waals surface area contributed by atoms with Crippen LogP contribution in [-0.4, -0.2) is 21.7 Å². The number of ketones is 1. The highest BCUT2D eigenvalue weighted by Crippen LogP contribution is 2.14. The van der Waals surface area contributed by atoms with Crippen LogP contribution < -0.4 is 5.32 Å². The van der Waals surface area contributed by atoms with Crippen LogP contribution in [-0.2, 0) is 4.79 Å². The van der Waals surface area contributed by atoms with Crippen LogP contribution in [0.5, 0.6) is 0 Å². The highest BCUT2D eigenvalue weighted by Gasteiger charge is 2.28. The summed E-state index contributed by atoms with van der Waals surface area (Å²) in [6.45, 7) is 0. The Balaban J connectivity index is 2.15. The van der Waals surface area contributed by atoms with Crippen molar-refractivity contribution in [2.24, 2.45) is 5.92 Å². The summed E-state index contributed by atoms with van der Waals surface area (Å²) in [6.07, 6.45) is 2.87. The molecular weight excluding hydrogens is 292 g/mol. The maximum Gasteiger partial charge on any atom is 0.252 e. The molecule has 1 N–H and O–H groups in total. The molecule has 1 amide bonds. The third-order valence-electron chi connectivity index (χ3n) is 2.58. The lowest BCUT2D eigenvalue weighted by Gasteiger charge is -2.08. The summed E-state index contributed by atoms with van der Waals surface area (Å²) in [5.41, 5.74) is 0.232. The van der Waals surface area contributed by atoms with Gasteiger partial charge in [0.05, 0.1) is 6.07 Å². The summed E-state index contributed by atoms with van der Waals surface area (Å²) in [5.74, 6) is -2.83. The Bertz CT molecular complexity index is 695. The Morgan fingerprint density at radius 3 is 2.38 bits per heavy atom. The molecule has 104 valence electrons. The van der Waals surface area contributed by atoms with Gasteiger partial charge in [0.15, 0.2) is 11.7 Å². The van der Waals surface area contributed by atoms with E-state index in [1.807, 2.05) is 0 Å². The molecule has 1 aromatic heterocycles. The second-order valence-corrected chi connectivity index (χ2v) is 4.43. The molecule has 1 aromatic carbocycles. The van der Waals surface area contributed by atoms with Crippen LogP contribution in [0.1, 0.15) is 10.4 Å². The van der Waals surface area contributed by atoms with Crippen molar-refractivity contribution in [3.63, 3.8) is 0 Å². The SMILES string of the molecule is N#C[C@H](C(=O)Nc1ncccn1)C(=O)c1ccc(Cl)cc1. The fraction of sp³-hybridized carbons (Fsp3) is 0.0714. The minimum absolute atomic E-state index is 0.0339. The van der Waals surface area contributed by atoms with Crippen LogP contribution in [0.25, 0.3) is 0 Å². The van der Waals surface area contributed by atoms with Gasteiger partial charge >= 0.3 is 0 Å². The van der Waals surface area contributed by atoms with E-state index in [4.69, 9.17) is 16.9 Å². The number of anilines is 1. The number of carbonyl (C=O) groups is 2. The molecule has 0 spiro atoms. The number of hydrogen-bond donors (Lipinski definition) is 1. The molecular formula is C14H9ClN4O2. The van der Waals surface area contributed by atoms with Crippen molar-refractivity contribution in [1.29, 1.82) is 5.26 Å². The molecule has 6 nitrogen and oxygen atoms in total. The standard InChI is InChI=1S/C14H9ClN4O2/c15-10-4-2-9(3-5-10)12(20)11(8-16)13(21)19-14-17-6-1-7-18-14/h1-7,11H,(H,17,18,19,21)/t11-/m0/s1. The van der Waals surface area contributed by atoms with Crippen molar-refractivity contribution in [3.05, 3.63) is 53.3 Å². The average Bonchev–Trinajstić information content (AvgIpc) is 2.49. The molecule has 0 bridgehead atoms. The number of amides is 1. The molecule has 0 aliphatic heterocycles. The summed E-state index contributed by atoms with van der Waals surface area (Å²) >= 11 is 5.73. The molecule has 0 aliphatic rings. The fourth-order valence-electron chi connectivity index (χ4n) is 1.56. The normalized spacial score (nSPS) is 11.2. The monoisotopic (exact) mass is 300 g/mol. The van der Waals surface area contributed by atoms with Gasteiger partial charge in [-0.15, -0.1) is 0 Å². The molecule has 0 saturated carbocycles. The van der Waals surface area contributed by atoms with Crippen LogP contribution in [0.15, 0.2) is 42.7 Å². The van der Waals surface area contributed by atoms with Gasteiger partial charge in [0.25, 0.3) is 5.91 Å². The number of hydrogen-bond acceptors (Lipinski definition) is 5. The van der Waals surface area contributed by atoms with Crippen LogP contribution in [0.3, 0.4) is 0 Å². The van der Waals surface area contributed by atoms with E-state index in [0.717, 1.165) is 0 Å². The number of carbonyl (C=O) groups excluding carboxylic acids is 2. The number of benzene rings is 1. The second-order valence-electron chi connectivity index (χ2n) is 3.99. The highest BCUT2D eigenvalue weighted by molar-refractivity contribution is 6.30. The largest absolute Gasteiger partial charge is 0.293 e. The van der Waals surface area contributed by atoms with Gasteiger partial charge in [-0.3, -0.25) is 14.9 Å². The van der Waals surface area contributed by atoms with E-state index in [-0.39, 0.29) is 11.5 Å². The Morgan fingerprint density at radius 1 is 1.19 bits per heavy atom. The third-order valence-corrected chi connectivity index (χ3v) is 2.83. The Morgan fingerprint density at radius 2 is 1.81 bits per heavy atom. The smallest absolute Gasteiger partial charge is 0.252 e.